The molecule has 0 saturated heterocycles. The van der Waals surface area contributed by atoms with Crippen molar-refractivity contribution in [2.75, 3.05) is 7.11 Å². The summed E-state index contributed by atoms with van der Waals surface area (Å²) in [7, 11) is 1.51. The molecule has 0 unspecified atom stereocenters. The van der Waals surface area contributed by atoms with E-state index in [4.69, 9.17) is 0 Å². The molecular weight excluding hydrogens is 495 g/mol. The molecule has 2 rings (SSSR count). The van der Waals surface area contributed by atoms with Gasteiger partial charge in [0.1, 0.15) is 5.82 Å². The van der Waals surface area contributed by atoms with Gasteiger partial charge in [-0.1, -0.05) is 66.2 Å². The summed E-state index contributed by atoms with van der Waals surface area (Å²) in [6, 6.07) is 8.80. The van der Waals surface area contributed by atoms with Crippen LogP contribution in [-0.2, 0) is 19.7 Å². The number of halogens is 1. The van der Waals surface area contributed by atoms with Gasteiger partial charge in [0.25, 0.3) is 0 Å². The number of thiophene rings is 1. The first-order valence-corrected chi connectivity index (χ1v) is 13.9. The van der Waals surface area contributed by atoms with Crippen molar-refractivity contribution in [1.82, 2.24) is 0 Å². The normalized spacial score (nSPS) is 11.1. The molecule has 0 saturated carbocycles. The van der Waals surface area contributed by atoms with E-state index in [1.165, 1.54) is 55.7 Å². The third-order valence-corrected chi connectivity index (χ3v) is 6.77. The van der Waals surface area contributed by atoms with Crippen LogP contribution in [0.2, 0.25) is 0 Å². The van der Waals surface area contributed by atoms with Crippen molar-refractivity contribution in [2.24, 2.45) is 0 Å². The van der Waals surface area contributed by atoms with Crippen LogP contribution in [0.3, 0.4) is 0 Å². The van der Waals surface area contributed by atoms with Crippen LogP contribution in [0.1, 0.15) is 97.6 Å². The summed E-state index contributed by atoms with van der Waals surface area (Å²) in [6.45, 7) is 23.2. The van der Waals surface area contributed by atoms with Crippen molar-refractivity contribution in [3.63, 3.8) is 0 Å². The fourth-order valence-corrected chi connectivity index (χ4v) is 3.27. The van der Waals surface area contributed by atoms with Crippen LogP contribution in [0.15, 0.2) is 65.3 Å². The van der Waals surface area contributed by atoms with Crippen LogP contribution < -0.4 is 0 Å². The van der Waals surface area contributed by atoms with Crippen LogP contribution >= 0.6 is 11.3 Å². The van der Waals surface area contributed by atoms with E-state index in [2.05, 4.69) is 52.9 Å². The van der Waals surface area contributed by atoms with E-state index < -0.39 is 0 Å². The highest BCUT2D eigenvalue weighted by Gasteiger charge is 2.17. The summed E-state index contributed by atoms with van der Waals surface area (Å²) in [6.07, 6.45) is 7.05. The van der Waals surface area contributed by atoms with Gasteiger partial charge in [-0.15, -0.1) is 11.3 Å². The van der Waals surface area contributed by atoms with Gasteiger partial charge in [-0.25, -0.2) is 4.39 Å². The molecule has 2 aromatic rings. The van der Waals surface area contributed by atoms with Crippen LogP contribution in [0.25, 0.3) is 6.08 Å². The summed E-state index contributed by atoms with van der Waals surface area (Å²) >= 11 is 1.70. The number of benzene rings is 1. The molecule has 38 heavy (non-hydrogen) atoms. The van der Waals surface area contributed by atoms with Crippen molar-refractivity contribution >= 4 is 29.0 Å². The van der Waals surface area contributed by atoms with E-state index in [-0.39, 0.29) is 22.8 Å². The summed E-state index contributed by atoms with van der Waals surface area (Å²) < 4.78 is 17.3. The number of aryl methyl sites for hydroxylation is 1. The summed E-state index contributed by atoms with van der Waals surface area (Å²) in [5, 5.41) is 2.04. The third-order valence-electron chi connectivity index (χ3n) is 5.91. The number of methoxy groups -OCH3 is 1. The first-order valence-electron chi connectivity index (χ1n) is 13.1. The molecule has 0 fully saturated rings. The average molecular weight is 545 g/mol. The van der Waals surface area contributed by atoms with Crippen LogP contribution in [-0.4, -0.2) is 18.7 Å². The lowest BCUT2D eigenvalue weighted by molar-refractivity contribution is -0.114. The molecule has 0 amide bonds. The Balaban J connectivity index is 0. The maximum Gasteiger partial charge on any atom is 0.163 e. The van der Waals surface area contributed by atoms with Crippen molar-refractivity contribution in [3.8, 4) is 0 Å². The topological polar surface area (TPSA) is 43.4 Å². The minimum atomic E-state index is -0.161. The molecule has 5 heteroatoms. The summed E-state index contributed by atoms with van der Waals surface area (Å²) in [4.78, 5) is 22.9. The molecule has 1 heterocycles. The predicted molar refractivity (Wildman–Crippen MR) is 164 cm³/mol. The number of hydrogen-bond acceptors (Lipinski definition) is 4. The van der Waals surface area contributed by atoms with Gasteiger partial charge in [0.15, 0.2) is 11.6 Å². The van der Waals surface area contributed by atoms with Crippen molar-refractivity contribution in [3.05, 3.63) is 87.1 Å². The standard InChI is InChI=1S/C11H15F.C10H12OS.C8H12O2.C4H10/c1-4-11(2,3)9-5-7-10(12)8-6-9;1-7(8(2)11)6-10-4-5-12-9(10)3;1-6(2)8(5-10-4)7(3)9;1-3-4-2/h5-8H,4H2,1-3H3;4-6H,1-3H3;5H,1H2,2-4H3;3-4H2,1-2H3/b;7-6+;8-5+;. The maximum atomic E-state index is 12.6. The minimum Gasteiger partial charge on any atom is -0.504 e. The highest BCUT2D eigenvalue weighted by molar-refractivity contribution is 7.10. The number of Topliss-reactive ketones (excluding diaryl/α,β-unsaturated/α-hetero) is 2. The Hall–Kier alpha value is -2.79. The number of hydrogen-bond donors (Lipinski definition) is 0. The molecule has 3 nitrogen and oxygen atoms in total. The molecule has 0 bridgehead atoms. The zero-order valence-electron chi connectivity index (χ0n) is 25.5. The molecule has 1 aromatic heterocycles. The molecular formula is C33H49FO3S. The molecule has 0 aliphatic rings. The number of ether oxygens (including phenoxy) is 1. The quantitative estimate of drug-likeness (QED) is 0.189. The van der Waals surface area contributed by atoms with Gasteiger partial charge in [0, 0.05) is 4.88 Å². The van der Waals surface area contributed by atoms with Gasteiger partial charge in [-0.05, 0) is 98.4 Å². The Morgan fingerprint density at radius 3 is 1.79 bits per heavy atom. The van der Waals surface area contributed by atoms with Gasteiger partial charge in [0.2, 0.25) is 0 Å². The zero-order valence-corrected chi connectivity index (χ0v) is 26.3. The van der Waals surface area contributed by atoms with Crippen molar-refractivity contribution < 1.29 is 18.7 Å². The van der Waals surface area contributed by atoms with Crippen LogP contribution in [0.4, 0.5) is 4.39 Å². The third kappa shape index (κ3) is 16.1. The highest BCUT2D eigenvalue weighted by atomic mass is 32.1. The Bertz CT molecular complexity index is 1020. The number of ketones is 2. The van der Waals surface area contributed by atoms with Gasteiger partial charge >= 0.3 is 0 Å². The first kappa shape index (κ1) is 37.4. The van der Waals surface area contributed by atoms with Crippen molar-refractivity contribution in [2.45, 2.75) is 93.9 Å². The SMILES string of the molecule is C=C(C)/C(=C\OC)C(C)=O.CC(=O)/C(C)=C/c1ccsc1C.CCC(C)(C)c1ccc(F)cc1.CCCC. The van der Waals surface area contributed by atoms with Crippen LogP contribution in [0, 0.1) is 12.7 Å². The molecule has 0 aliphatic heterocycles. The summed E-state index contributed by atoms with van der Waals surface area (Å²) in [5.74, 6) is -0.0411. The molecule has 1 aromatic carbocycles. The Morgan fingerprint density at radius 1 is 0.974 bits per heavy atom. The van der Waals surface area contributed by atoms with E-state index in [1.807, 2.05) is 36.6 Å². The molecule has 0 aliphatic carbocycles. The Labute approximate surface area is 235 Å². The van der Waals surface area contributed by atoms with Crippen molar-refractivity contribution in [1.29, 1.82) is 0 Å². The second-order valence-electron chi connectivity index (χ2n) is 9.66. The maximum absolute atomic E-state index is 12.6. The first-order chi connectivity index (χ1) is 17.7. The van der Waals surface area contributed by atoms with E-state index in [0.29, 0.717) is 5.57 Å². The number of rotatable bonds is 8. The van der Waals surface area contributed by atoms with E-state index in [1.54, 1.807) is 25.2 Å². The van der Waals surface area contributed by atoms with Gasteiger partial charge in [0.05, 0.1) is 18.9 Å². The largest absolute Gasteiger partial charge is 0.504 e. The lowest BCUT2D eigenvalue weighted by Crippen LogP contribution is -2.14. The smallest absolute Gasteiger partial charge is 0.163 e. The van der Waals surface area contributed by atoms with Gasteiger partial charge in [-0.3, -0.25) is 9.59 Å². The lowest BCUT2D eigenvalue weighted by Gasteiger charge is -2.22. The number of carbonyl (C=O) groups is 2. The van der Waals surface area contributed by atoms with E-state index in [9.17, 15) is 14.0 Å². The monoisotopic (exact) mass is 544 g/mol. The fraction of sp³-hybridized carbons (Fsp3) is 0.455. The number of allylic oxidation sites excluding steroid dienone is 3. The average Bonchev–Trinajstić information content (AvgIpc) is 3.27. The van der Waals surface area contributed by atoms with E-state index in [0.717, 1.165) is 23.1 Å². The zero-order chi connectivity index (χ0) is 29.9. The van der Waals surface area contributed by atoms with Crippen LogP contribution in [0.5, 0.6) is 0 Å². The molecule has 0 spiro atoms. The highest BCUT2D eigenvalue weighted by Crippen LogP contribution is 2.26. The molecule has 0 radical (unpaired) electrons. The van der Waals surface area contributed by atoms with Gasteiger partial charge < -0.3 is 4.74 Å². The predicted octanol–water partition coefficient (Wildman–Crippen LogP) is 10.1. The number of unbranched alkanes of at least 4 members (excludes halogenated alkanes) is 1. The second-order valence-corrected chi connectivity index (χ2v) is 10.8. The summed E-state index contributed by atoms with van der Waals surface area (Å²) in [5.41, 5.74) is 4.61. The van der Waals surface area contributed by atoms with E-state index >= 15 is 0 Å². The fourth-order valence-electron chi connectivity index (χ4n) is 2.59. The second kappa shape index (κ2) is 20.2. The molecule has 0 atom stereocenters. The molecule has 212 valence electrons. The lowest BCUT2D eigenvalue weighted by atomic mass is 9.82. The van der Waals surface area contributed by atoms with Gasteiger partial charge in [-0.2, -0.15) is 0 Å². The number of carbonyl (C=O) groups excluding carboxylic acids is 2. The molecule has 0 N–H and O–H groups in total. The minimum absolute atomic E-state index is 0.0191. The Morgan fingerprint density at radius 2 is 1.50 bits per heavy atom. The Kier molecular flexibility index (Phi) is 19.9.